The van der Waals surface area contributed by atoms with E-state index in [1.165, 1.54) is 186 Å². The molecule has 0 amide bonds. The van der Waals surface area contributed by atoms with Crippen LogP contribution in [0.15, 0.2) is 0 Å². The van der Waals surface area contributed by atoms with Gasteiger partial charge in [0.1, 0.15) is 13.2 Å². The lowest BCUT2D eigenvalue weighted by Gasteiger charge is -2.18. The summed E-state index contributed by atoms with van der Waals surface area (Å²) in [7, 11) is 0. The summed E-state index contributed by atoms with van der Waals surface area (Å²) in [6.07, 6.45) is 48.0. The van der Waals surface area contributed by atoms with Gasteiger partial charge in [-0.05, 0) is 31.1 Å². The normalized spacial score (nSPS) is 12.1. The zero-order valence-electron chi connectivity index (χ0n) is 41.1. The van der Waals surface area contributed by atoms with Gasteiger partial charge in [-0.15, -0.1) is 0 Å². The standard InChI is InChI=1S/C54H104O6/c1-6-7-8-9-10-11-12-13-14-15-18-24-29-34-39-44-52(55)58-47-51(48-59-53(56)45-40-35-30-25-21-20-23-28-33-38-43-50(4)5)60-54(57)46-41-36-31-26-19-16-17-22-27-32-37-42-49(2)3/h49-51H,6-48H2,1-5H3/t51-/m0/s1. The van der Waals surface area contributed by atoms with Crippen molar-refractivity contribution in [1.29, 1.82) is 0 Å². The van der Waals surface area contributed by atoms with Crippen molar-refractivity contribution in [2.45, 2.75) is 304 Å². The molecule has 0 fully saturated rings. The van der Waals surface area contributed by atoms with Gasteiger partial charge in [0, 0.05) is 19.3 Å². The molecule has 60 heavy (non-hydrogen) atoms. The second-order valence-corrected chi connectivity index (χ2v) is 19.5. The Hall–Kier alpha value is -1.59. The van der Waals surface area contributed by atoms with Gasteiger partial charge in [-0.3, -0.25) is 14.4 Å². The first-order chi connectivity index (χ1) is 29.2. The number of esters is 3. The van der Waals surface area contributed by atoms with Gasteiger partial charge >= 0.3 is 17.9 Å². The maximum absolute atomic E-state index is 12.8. The molecule has 0 radical (unpaired) electrons. The summed E-state index contributed by atoms with van der Waals surface area (Å²) >= 11 is 0. The van der Waals surface area contributed by atoms with Gasteiger partial charge in [0.25, 0.3) is 0 Å². The summed E-state index contributed by atoms with van der Waals surface area (Å²) in [4.78, 5) is 38.0. The first-order valence-corrected chi connectivity index (χ1v) is 26.7. The Labute approximate surface area is 374 Å². The van der Waals surface area contributed by atoms with E-state index in [0.29, 0.717) is 19.3 Å². The predicted molar refractivity (Wildman–Crippen MR) is 256 cm³/mol. The molecule has 0 aromatic rings. The van der Waals surface area contributed by atoms with Gasteiger partial charge in [-0.2, -0.15) is 0 Å². The van der Waals surface area contributed by atoms with Crippen molar-refractivity contribution in [1.82, 2.24) is 0 Å². The van der Waals surface area contributed by atoms with Crippen molar-refractivity contribution >= 4 is 17.9 Å². The molecular formula is C54H104O6. The van der Waals surface area contributed by atoms with Crippen LogP contribution in [-0.2, 0) is 28.6 Å². The Morgan fingerprint density at radius 2 is 0.550 bits per heavy atom. The highest BCUT2D eigenvalue weighted by Gasteiger charge is 2.19. The second kappa shape index (κ2) is 46.9. The van der Waals surface area contributed by atoms with Gasteiger partial charge in [-0.1, -0.05) is 259 Å². The van der Waals surface area contributed by atoms with E-state index < -0.39 is 6.10 Å². The van der Waals surface area contributed by atoms with Gasteiger partial charge < -0.3 is 14.2 Å². The SMILES string of the molecule is CCCCCCCCCCCCCCCCCC(=O)OC[C@@H](COC(=O)CCCCCCCCCCCCC(C)C)OC(=O)CCCCCCCCCCCCCC(C)C. The van der Waals surface area contributed by atoms with E-state index in [9.17, 15) is 14.4 Å². The largest absolute Gasteiger partial charge is 0.462 e. The maximum Gasteiger partial charge on any atom is 0.306 e. The molecule has 356 valence electrons. The van der Waals surface area contributed by atoms with Crippen LogP contribution in [0, 0.1) is 11.8 Å². The fraction of sp³-hybridized carbons (Fsp3) is 0.944. The van der Waals surface area contributed by atoms with E-state index in [4.69, 9.17) is 14.2 Å². The topological polar surface area (TPSA) is 78.9 Å². The van der Waals surface area contributed by atoms with Gasteiger partial charge in [0.2, 0.25) is 0 Å². The minimum atomic E-state index is -0.762. The molecule has 6 heteroatoms. The average molecular weight is 849 g/mol. The molecule has 0 aromatic carbocycles. The molecule has 0 aliphatic carbocycles. The van der Waals surface area contributed by atoms with Crippen molar-refractivity contribution in [2.24, 2.45) is 11.8 Å². The summed E-state index contributed by atoms with van der Waals surface area (Å²) in [5.74, 6) is 0.797. The van der Waals surface area contributed by atoms with Crippen molar-refractivity contribution < 1.29 is 28.6 Å². The van der Waals surface area contributed by atoms with Crippen molar-refractivity contribution in [3.05, 3.63) is 0 Å². The molecule has 0 saturated carbocycles. The second-order valence-electron chi connectivity index (χ2n) is 19.5. The van der Waals surface area contributed by atoms with Crippen LogP contribution < -0.4 is 0 Å². The van der Waals surface area contributed by atoms with Crippen LogP contribution in [0.5, 0.6) is 0 Å². The molecule has 0 spiro atoms. The molecule has 0 unspecified atom stereocenters. The van der Waals surface area contributed by atoms with Gasteiger partial charge in [-0.25, -0.2) is 0 Å². The zero-order valence-corrected chi connectivity index (χ0v) is 41.1. The van der Waals surface area contributed by atoms with Gasteiger partial charge in [0.05, 0.1) is 0 Å². The highest BCUT2D eigenvalue weighted by Crippen LogP contribution is 2.17. The van der Waals surface area contributed by atoms with E-state index in [1.54, 1.807) is 0 Å². The number of hydrogen-bond donors (Lipinski definition) is 0. The molecular weight excluding hydrogens is 745 g/mol. The predicted octanol–water partition coefficient (Wildman–Crippen LogP) is 17.3. The van der Waals surface area contributed by atoms with Crippen molar-refractivity contribution in [3.63, 3.8) is 0 Å². The smallest absolute Gasteiger partial charge is 0.306 e. The number of carbonyl (C=O) groups is 3. The molecule has 0 bridgehead atoms. The Bertz CT molecular complexity index is 916. The Balaban J connectivity index is 4.31. The first-order valence-electron chi connectivity index (χ1n) is 26.7. The van der Waals surface area contributed by atoms with Crippen molar-refractivity contribution in [3.8, 4) is 0 Å². The summed E-state index contributed by atoms with van der Waals surface area (Å²) in [6.45, 7) is 11.4. The first kappa shape index (κ1) is 58.4. The number of carbonyl (C=O) groups excluding carboxylic acids is 3. The maximum atomic E-state index is 12.8. The molecule has 0 aromatic heterocycles. The van der Waals surface area contributed by atoms with Crippen LogP contribution in [0.3, 0.4) is 0 Å². The molecule has 0 heterocycles. The fourth-order valence-electron chi connectivity index (χ4n) is 8.17. The van der Waals surface area contributed by atoms with Crippen LogP contribution >= 0.6 is 0 Å². The minimum Gasteiger partial charge on any atom is -0.462 e. The van der Waals surface area contributed by atoms with Gasteiger partial charge in [0.15, 0.2) is 6.10 Å². The third-order valence-corrected chi connectivity index (χ3v) is 12.2. The summed E-state index contributed by atoms with van der Waals surface area (Å²) in [5, 5.41) is 0. The average Bonchev–Trinajstić information content (AvgIpc) is 3.22. The summed E-state index contributed by atoms with van der Waals surface area (Å²) < 4.78 is 16.8. The van der Waals surface area contributed by atoms with Crippen LogP contribution in [0.2, 0.25) is 0 Å². The van der Waals surface area contributed by atoms with Crippen molar-refractivity contribution in [2.75, 3.05) is 13.2 Å². The zero-order chi connectivity index (χ0) is 44.0. The molecule has 0 N–H and O–H groups in total. The molecule has 0 aliphatic rings. The molecule has 0 saturated heterocycles. The number of rotatable bonds is 48. The lowest BCUT2D eigenvalue weighted by atomic mass is 10.0. The van der Waals surface area contributed by atoms with Crippen LogP contribution in [-0.4, -0.2) is 37.2 Å². The Kier molecular flexibility index (Phi) is 45.7. The molecule has 0 rings (SSSR count). The number of hydrogen-bond acceptors (Lipinski definition) is 6. The molecule has 0 aliphatic heterocycles. The monoisotopic (exact) mass is 849 g/mol. The summed E-state index contributed by atoms with van der Waals surface area (Å²) in [5.41, 5.74) is 0. The third-order valence-electron chi connectivity index (χ3n) is 12.2. The molecule has 6 nitrogen and oxygen atoms in total. The Morgan fingerprint density at radius 3 is 0.817 bits per heavy atom. The quantitative estimate of drug-likeness (QED) is 0.0345. The Morgan fingerprint density at radius 1 is 0.317 bits per heavy atom. The highest BCUT2D eigenvalue weighted by molar-refractivity contribution is 5.71. The van der Waals surface area contributed by atoms with Crippen LogP contribution in [0.1, 0.15) is 298 Å². The van der Waals surface area contributed by atoms with E-state index in [2.05, 4.69) is 34.6 Å². The van der Waals surface area contributed by atoms with E-state index in [0.717, 1.165) is 69.6 Å². The summed E-state index contributed by atoms with van der Waals surface area (Å²) in [6, 6.07) is 0. The minimum absolute atomic E-state index is 0.0634. The number of unbranched alkanes of at least 4 members (excludes halogenated alkanes) is 33. The lowest BCUT2D eigenvalue weighted by molar-refractivity contribution is -0.167. The van der Waals surface area contributed by atoms with E-state index in [-0.39, 0.29) is 31.1 Å². The molecule has 1 atom stereocenters. The van der Waals surface area contributed by atoms with Crippen LogP contribution in [0.4, 0.5) is 0 Å². The van der Waals surface area contributed by atoms with Crippen LogP contribution in [0.25, 0.3) is 0 Å². The van der Waals surface area contributed by atoms with E-state index >= 15 is 0 Å². The number of ether oxygens (including phenoxy) is 3. The lowest BCUT2D eigenvalue weighted by Crippen LogP contribution is -2.30. The highest BCUT2D eigenvalue weighted by atomic mass is 16.6. The van der Waals surface area contributed by atoms with E-state index in [1.807, 2.05) is 0 Å². The fourth-order valence-corrected chi connectivity index (χ4v) is 8.17. The third kappa shape index (κ3) is 47.5.